The summed E-state index contributed by atoms with van der Waals surface area (Å²) in [5.41, 5.74) is 29.2. The minimum atomic E-state index is 0.904. The van der Waals surface area contributed by atoms with E-state index in [1.54, 1.807) is 0 Å². The summed E-state index contributed by atoms with van der Waals surface area (Å²) < 4.78 is 20.6. The smallest absolute Gasteiger partial charge is 0.143 e. The van der Waals surface area contributed by atoms with E-state index in [0.717, 1.165) is 156 Å². The van der Waals surface area contributed by atoms with Crippen molar-refractivity contribution in [3.8, 4) is 66.8 Å². The van der Waals surface area contributed by atoms with Crippen LogP contribution in [0.3, 0.4) is 0 Å². The third-order valence-electron chi connectivity index (χ3n) is 27.1. The maximum Gasteiger partial charge on any atom is 0.143 e. The molecule has 0 atom stereocenters. The Bertz CT molecular complexity index is 9120. The van der Waals surface area contributed by atoms with Crippen molar-refractivity contribution in [1.82, 2.24) is 0 Å². The van der Waals surface area contributed by atoms with Crippen LogP contribution < -0.4 is 14.7 Å². The fourth-order valence-electron chi connectivity index (χ4n) is 20.5. The molecule has 27 aromatic rings. The number of para-hydroxylation sites is 6. The summed E-state index contributed by atoms with van der Waals surface area (Å²) in [6, 6.07) is 188. The largest absolute Gasteiger partial charge is 0.455 e. The molecule has 0 fully saturated rings. The van der Waals surface area contributed by atoms with E-state index >= 15 is 0 Å². The Morgan fingerprint density at radius 3 is 0.594 bits per heavy atom. The van der Waals surface area contributed by atoms with Crippen LogP contribution in [0, 0.1) is 0 Å². The van der Waals surface area contributed by atoms with Crippen LogP contribution in [0.15, 0.2) is 541 Å². The molecule has 0 aliphatic rings. The van der Waals surface area contributed by atoms with Crippen LogP contribution in [0.5, 0.6) is 0 Å². The van der Waals surface area contributed by atoms with Gasteiger partial charge in [-0.15, -0.1) is 0 Å². The van der Waals surface area contributed by atoms with Crippen molar-refractivity contribution >= 4 is 182 Å². The number of furan rings is 3. The predicted octanol–water partition coefficient (Wildman–Crippen LogP) is 38.1. The van der Waals surface area contributed by atoms with Crippen LogP contribution in [0.4, 0.5) is 51.2 Å². The number of nitrogens with zero attached hydrogens (tertiary/aromatic N) is 3. The molecule has 27 rings (SSSR count). The van der Waals surface area contributed by atoms with Crippen molar-refractivity contribution in [2.24, 2.45) is 0 Å². The van der Waals surface area contributed by atoms with Crippen LogP contribution in [0.1, 0.15) is 0 Å². The monoisotopic (exact) mass is 1760 g/mol. The molecule has 0 amide bonds. The molecular formula is C132H87N3O3. The summed E-state index contributed by atoms with van der Waals surface area (Å²) in [5, 5.41) is 21.2. The quantitative estimate of drug-likeness (QED) is 0.0954. The van der Waals surface area contributed by atoms with Crippen LogP contribution in [0.25, 0.3) is 197 Å². The van der Waals surface area contributed by atoms with Crippen LogP contribution >= 0.6 is 0 Å². The lowest BCUT2D eigenvalue weighted by Gasteiger charge is -2.26. The molecule has 0 saturated carbocycles. The Hall–Kier alpha value is -18.4. The highest BCUT2D eigenvalue weighted by Crippen LogP contribution is 2.49. The first-order valence-electron chi connectivity index (χ1n) is 47.1. The van der Waals surface area contributed by atoms with Gasteiger partial charge < -0.3 is 28.0 Å². The highest BCUT2D eigenvalue weighted by atomic mass is 16.3. The van der Waals surface area contributed by atoms with Gasteiger partial charge in [-0.2, -0.15) is 0 Å². The maximum atomic E-state index is 6.93. The van der Waals surface area contributed by atoms with E-state index in [1.165, 1.54) is 92.6 Å². The zero-order valence-electron chi connectivity index (χ0n) is 75.3. The standard InChI is InChI=1S/C50H33NO.C44H29NO.C38H25NO/c1-3-11-34(12-4-1)36-23-28-41(29-24-36)51(42-30-25-37(26-31-42)35-13-5-2-6-14-35)43-17-9-16-40(33-43)45-19-10-20-46-47-32-27-39-22-21-38-15-7-8-18-44(38)48(39)50(47)52-49(45)46;1-3-11-30(12-4-1)31-23-26-36(27-24-31)45(35-15-5-2-6-16-35)37-17-9-14-34(29-37)39-19-10-20-40-41-28-25-33-22-21-32-13-7-8-18-38(32)42(33)44(41)46-43(39)40;1-3-13-29(14-4-1)39(30-15-5-2-6-16-30)31-17-9-12-28(25-31)33-19-10-20-34-35-24-23-27-22-21-26-11-7-8-18-32(26)36(27)38(35)40-37(33)34/h1-33H;1-29H;1-25H. The molecule has 0 N–H and O–H groups in total. The Balaban J connectivity index is 0.000000111. The van der Waals surface area contributed by atoms with Crippen molar-refractivity contribution in [2.75, 3.05) is 14.7 Å². The van der Waals surface area contributed by atoms with Crippen molar-refractivity contribution in [2.45, 2.75) is 0 Å². The van der Waals surface area contributed by atoms with E-state index < -0.39 is 0 Å². The number of benzene rings is 24. The van der Waals surface area contributed by atoms with Gasteiger partial charge in [0.15, 0.2) is 0 Å². The van der Waals surface area contributed by atoms with Gasteiger partial charge in [0, 0.05) is 116 Å². The molecule has 0 bridgehead atoms. The molecule has 0 spiro atoms. The molecule has 648 valence electrons. The SMILES string of the molecule is c1ccc(-c2ccc(N(c3ccc(-c4ccccc4)cc3)c3cccc(-c4cccc5c4oc4c5ccc5ccc6ccccc6c54)c3)cc2)cc1.c1ccc(-c2ccc(N(c3ccccc3)c3cccc(-c4cccc5c4oc4c5ccc5ccc6ccccc6c54)c3)cc2)cc1.c1ccc(N(c2ccccc2)c2cccc(-c3cccc4c3oc3c4ccc4ccc5ccccc5c43)c2)cc1. The van der Waals surface area contributed by atoms with Gasteiger partial charge in [0.1, 0.15) is 33.5 Å². The molecule has 6 heteroatoms. The van der Waals surface area contributed by atoms with Gasteiger partial charge in [-0.1, -0.05) is 400 Å². The number of hydrogen-bond acceptors (Lipinski definition) is 6. The highest BCUT2D eigenvalue weighted by Gasteiger charge is 2.25. The zero-order valence-corrected chi connectivity index (χ0v) is 75.3. The molecule has 0 aliphatic heterocycles. The number of hydrogen-bond donors (Lipinski definition) is 0. The molecule has 3 heterocycles. The van der Waals surface area contributed by atoms with Crippen LogP contribution in [0.2, 0.25) is 0 Å². The average Bonchev–Trinajstić information content (AvgIpc) is 1.58. The van der Waals surface area contributed by atoms with Crippen molar-refractivity contribution in [3.05, 3.63) is 528 Å². The second kappa shape index (κ2) is 35.3. The Kier molecular flexibility index (Phi) is 20.9. The average molecular weight is 1760 g/mol. The molecule has 6 nitrogen and oxygen atoms in total. The number of fused-ring (bicyclic) bond motifs is 21. The summed E-state index contributed by atoms with van der Waals surface area (Å²) >= 11 is 0. The van der Waals surface area contributed by atoms with E-state index in [-0.39, 0.29) is 0 Å². The van der Waals surface area contributed by atoms with Crippen LogP contribution in [-0.4, -0.2) is 0 Å². The lowest BCUT2D eigenvalue weighted by Crippen LogP contribution is -2.10. The fourth-order valence-corrected chi connectivity index (χ4v) is 20.5. The zero-order chi connectivity index (χ0) is 91.4. The summed E-state index contributed by atoms with van der Waals surface area (Å²) in [6.45, 7) is 0. The second-order valence-electron chi connectivity index (χ2n) is 35.2. The Morgan fingerprint density at radius 2 is 0.312 bits per heavy atom. The van der Waals surface area contributed by atoms with Gasteiger partial charge >= 0.3 is 0 Å². The minimum absolute atomic E-state index is 0.904. The molecular weight excluding hydrogens is 1680 g/mol. The Morgan fingerprint density at radius 1 is 0.116 bits per heavy atom. The van der Waals surface area contributed by atoms with E-state index in [2.05, 4.69) is 542 Å². The molecule has 138 heavy (non-hydrogen) atoms. The van der Waals surface area contributed by atoms with Gasteiger partial charge in [-0.05, 0) is 226 Å². The fraction of sp³-hybridized carbons (Fsp3) is 0. The number of rotatable bonds is 15. The van der Waals surface area contributed by atoms with Gasteiger partial charge in [0.25, 0.3) is 0 Å². The van der Waals surface area contributed by atoms with Gasteiger partial charge in [0.2, 0.25) is 0 Å². The van der Waals surface area contributed by atoms with Crippen molar-refractivity contribution < 1.29 is 13.3 Å². The lowest BCUT2D eigenvalue weighted by molar-refractivity contribution is 0.673. The second-order valence-corrected chi connectivity index (χ2v) is 35.2. The molecule has 0 unspecified atom stereocenters. The van der Waals surface area contributed by atoms with Gasteiger partial charge in [-0.25, -0.2) is 0 Å². The number of anilines is 9. The van der Waals surface area contributed by atoms with E-state index in [0.29, 0.717) is 0 Å². The molecule has 3 aromatic heterocycles. The summed E-state index contributed by atoms with van der Waals surface area (Å²) in [6.07, 6.45) is 0. The summed E-state index contributed by atoms with van der Waals surface area (Å²) in [7, 11) is 0. The van der Waals surface area contributed by atoms with Crippen LogP contribution in [-0.2, 0) is 0 Å². The highest BCUT2D eigenvalue weighted by molar-refractivity contribution is 6.27. The van der Waals surface area contributed by atoms with Gasteiger partial charge in [-0.3, -0.25) is 0 Å². The van der Waals surface area contributed by atoms with E-state index in [1.807, 2.05) is 0 Å². The van der Waals surface area contributed by atoms with Crippen molar-refractivity contribution in [1.29, 1.82) is 0 Å². The molecule has 0 radical (unpaired) electrons. The first-order chi connectivity index (χ1) is 68.4. The normalized spacial score (nSPS) is 11.5. The third kappa shape index (κ3) is 15.0. The molecule has 24 aromatic carbocycles. The topological polar surface area (TPSA) is 49.1 Å². The van der Waals surface area contributed by atoms with Crippen molar-refractivity contribution in [3.63, 3.8) is 0 Å². The first-order valence-corrected chi connectivity index (χ1v) is 47.1. The summed E-state index contributed by atoms with van der Waals surface area (Å²) in [4.78, 5) is 6.95. The maximum absolute atomic E-state index is 6.93. The van der Waals surface area contributed by atoms with E-state index in [4.69, 9.17) is 13.3 Å². The Labute approximate surface area is 798 Å². The first kappa shape index (κ1) is 81.6. The van der Waals surface area contributed by atoms with E-state index in [9.17, 15) is 0 Å². The molecule has 0 saturated heterocycles. The molecule has 0 aliphatic carbocycles. The third-order valence-corrected chi connectivity index (χ3v) is 27.1. The van der Waals surface area contributed by atoms with Gasteiger partial charge in [0.05, 0.1) is 0 Å². The lowest BCUT2D eigenvalue weighted by atomic mass is 9.98. The minimum Gasteiger partial charge on any atom is -0.455 e. The summed E-state index contributed by atoms with van der Waals surface area (Å²) in [5.74, 6) is 0. The predicted molar refractivity (Wildman–Crippen MR) is 583 cm³/mol.